The van der Waals surface area contributed by atoms with Crippen LogP contribution in [0, 0.1) is 16.0 Å². The number of hydrogen-bond donors (Lipinski definition) is 2. The van der Waals surface area contributed by atoms with Crippen LogP contribution < -0.4 is 10.6 Å². The van der Waals surface area contributed by atoms with Crippen molar-refractivity contribution in [3.8, 4) is 0 Å². The highest BCUT2D eigenvalue weighted by molar-refractivity contribution is 5.89. The lowest BCUT2D eigenvalue weighted by molar-refractivity contribution is -0.384. The molecule has 9 nitrogen and oxygen atoms in total. The maximum atomic E-state index is 12.3. The average Bonchev–Trinajstić information content (AvgIpc) is 3.29. The lowest BCUT2D eigenvalue weighted by Crippen LogP contribution is -2.35. The Morgan fingerprint density at radius 2 is 2.07 bits per heavy atom. The highest BCUT2D eigenvalue weighted by Crippen LogP contribution is 2.23. The molecule has 0 radical (unpaired) electrons. The molecule has 1 unspecified atom stereocenters. The molecule has 2 amide bonds. The largest absolute Gasteiger partial charge is 0.467 e. The van der Waals surface area contributed by atoms with Crippen molar-refractivity contribution in [2.24, 2.45) is 5.92 Å². The van der Waals surface area contributed by atoms with Crippen LogP contribution in [0.15, 0.2) is 47.1 Å². The third-order valence-electron chi connectivity index (χ3n) is 4.35. The second-order valence-electron chi connectivity index (χ2n) is 6.25. The summed E-state index contributed by atoms with van der Waals surface area (Å²) in [5, 5.41) is 16.7. The van der Waals surface area contributed by atoms with Crippen LogP contribution in [0.1, 0.15) is 12.2 Å². The summed E-state index contributed by atoms with van der Waals surface area (Å²) in [6.07, 6.45) is 1.72. The zero-order valence-corrected chi connectivity index (χ0v) is 14.6. The van der Waals surface area contributed by atoms with Crippen LogP contribution in [0.2, 0.25) is 0 Å². The number of nitrogens with one attached hydrogen (secondary N) is 2. The van der Waals surface area contributed by atoms with E-state index in [0.29, 0.717) is 37.6 Å². The van der Waals surface area contributed by atoms with E-state index in [4.69, 9.17) is 4.42 Å². The second-order valence-corrected chi connectivity index (χ2v) is 6.25. The molecule has 0 saturated carbocycles. The molecule has 0 aliphatic carbocycles. The SMILES string of the molecule is O=C(NCCNc1ccccc1[N+](=O)[O-])C1CC(=O)N(Cc2ccco2)C1. The van der Waals surface area contributed by atoms with Crippen molar-refractivity contribution in [1.29, 1.82) is 0 Å². The van der Waals surface area contributed by atoms with Crippen LogP contribution in [0.25, 0.3) is 0 Å². The molecular formula is C18H20N4O5. The first-order valence-electron chi connectivity index (χ1n) is 8.59. The van der Waals surface area contributed by atoms with Crippen molar-refractivity contribution >= 4 is 23.2 Å². The van der Waals surface area contributed by atoms with E-state index in [1.807, 2.05) is 0 Å². The number of carbonyl (C=O) groups is 2. The molecule has 1 aliphatic rings. The van der Waals surface area contributed by atoms with Gasteiger partial charge < -0.3 is 20.0 Å². The van der Waals surface area contributed by atoms with Gasteiger partial charge in [0.15, 0.2) is 0 Å². The number of para-hydroxylation sites is 2. The van der Waals surface area contributed by atoms with Crippen molar-refractivity contribution in [2.45, 2.75) is 13.0 Å². The summed E-state index contributed by atoms with van der Waals surface area (Å²) in [5.41, 5.74) is 0.385. The maximum Gasteiger partial charge on any atom is 0.292 e. The predicted molar refractivity (Wildman–Crippen MR) is 96.8 cm³/mol. The molecule has 2 aromatic rings. The number of nitrogens with zero attached hydrogens (tertiary/aromatic N) is 2. The molecule has 0 spiro atoms. The number of benzene rings is 1. The molecule has 3 rings (SSSR count). The third kappa shape index (κ3) is 4.63. The fourth-order valence-corrected chi connectivity index (χ4v) is 3.00. The summed E-state index contributed by atoms with van der Waals surface area (Å²) >= 11 is 0. The van der Waals surface area contributed by atoms with E-state index in [2.05, 4.69) is 10.6 Å². The second kappa shape index (κ2) is 8.35. The highest BCUT2D eigenvalue weighted by atomic mass is 16.6. The van der Waals surface area contributed by atoms with Gasteiger partial charge >= 0.3 is 0 Å². The summed E-state index contributed by atoms with van der Waals surface area (Å²) in [4.78, 5) is 36.4. The van der Waals surface area contributed by atoms with Gasteiger partial charge in [-0.3, -0.25) is 19.7 Å². The minimum absolute atomic E-state index is 0.0150. The number of carbonyl (C=O) groups excluding carboxylic acids is 2. The molecule has 1 atom stereocenters. The van der Waals surface area contributed by atoms with E-state index in [1.165, 1.54) is 6.07 Å². The Hall–Kier alpha value is -3.36. The first kappa shape index (κ1) is 18.4. The van der Waals surface area contributed by atoms with Gasteiger partial charge in [0.2, 0.25) is 11.8 Å². The van der Waals surface area contributed by atoms with Crippen LogP contribution in [0.3, 0.4) is 0 Å². The Labute approximate surface area is 155 Å². The van der Waals surface area contributed by atoms with Crippen molar-refractivity contribution < 1.29 is 18.9 Å². The normalized spacial score (nSPS) is 16.4. The van der Waals surface area contributed by atoms with Crippen molar-refractivity contribution in [2.75, 3.05) is 25.0 Å². The van der Waals surface area contributed by atoms with Gasteiger partial charge in [0.1, 0.15) is 11.4 Å². The topological polar surface area (TPSA) is 118 Å². The lowest BCUT2D eigenvalue weighted by Gasteiger charge is -2.15. The van der Waals surface area contributed by atoms with Crippen molar-refractivity contribution in [3.63, 3.8) is 0 Å². The number of rotatable bonds is 8. The van der Waals surface area contributed by atoms with E-state index < -0.39 is 10.8 Å². The summed E-state index contributed by atoms with van der Waals surface area (Å²) in [6, 6.07) is 9.86. The molecular weight excluding hydrogens is 352 g/mol. The van der Waals surface area contributed by atoms with Gasteiger partial charge in [0.25, 0.3) is 5.69 Å². The Balaban J connectivity index is 1.43. The maximum absolute atomic E-state index is 12.3. The minimum Gasteiger partial charge on any atom is -0.467 e. The summed E-state index contributed by atoms with van der Waals surface area (Å²) in [7, 11) is 0. The molecule has 2 heterocycles. The number of likely N-dealkylation sites (tertiary alicyclic amines) is 1. The van der Waals surface area contributed by atoms with E-state index in [0.717, 1.165) is 0 Å². The van der Waals surface area contributed by atoms with Gasteiger partial charge in [-0.2, -0.15) is 0 Å². The molecule has 1 aromatic carbocycles. The molecule has 2 N–H and O–H groups in total. The van der Waals surface area contributed by atoms with Gasteiger partial charge in [-0.1, -0.05) is 12.1 Å². The minimum atomic E-state index is -0.460. The highest BCUT2D eigenvalue weighted by Gasteiger charge is 2.34. The monoisotopic (exact) mass is 372 g/mol. The van der Waals surface area contributed by atoms with E-state index in [-0.39, 0.29) is 23.9 Å². The summed E-state index contributed by atoms with van der Waals surface area (Å²) in [6.45, 7) is 1.35. The predicted octanol–water partition coefficient (Wildman–Crippen LogP) is 1.76. The first-order chi connectivity index (χ1) is 13.0. The summed E-state index contributed by atoms with van der Waals surface area (Å²) in [5.74, 6) is -0.00386. The molecule has 142 valence electrons. The third-order valence-corrected chi connectivity index (χ3v) is 4.35. The number of hydrogen-bond acceptors (Lipinski definition) is 6. The molecule has 9 heteroatoms. The number of furan rings is 1. The van der Waals surface area contributed by atoms with Gasteiger partial charge in [-0.25, -0.2) is 0 Å². The standard InChI is InChI=1S/C18H20N4O5/c23-17-10-13(11-21(17)12-14-4-3-9-27-14)18(24)20-8-7-19-15-5-1-2-6-16(15)22(25)26/h1-6,9,13,19H,7-8,10-12H2,(H,20,24). The van der Waals surface area contributed by atoms with Crippen LogP contribution in [-0.2, 0) is 16.1 Å². The zero-order chi connectivity index (χ0) is 19.2. The average molecular weight is 372 g/mol. The van der Waals surface area contributed by atoms with Gasteiger partial charge in [-0.05, 0) is 18.2 Å². The molecule has 1 aromatic heterocycles. The number of amides is 2. The van der Waals surface area contributed by atoms with E-state index >= 15 is 0 Å². The molecule has 1 saturated heterocycles. The van der Waals surface area contributed by atoms with Crippen molar-refractivity contribution in [3.05, 3.63) is 58.5 Å². The van der Waals surface area contributed by atoms with Crippen LogP contribution in [0.4, 0.5) is 11.4 Å². The number of anilines is 1. The molecule has 1 aliphatic heterocycles. The smallest absolute Gasteiger partial charge is 0.292 e. The molecule has 1 fully saturated rings. The Bertz CT molecular complexity index is 821. The number of nitro groups is 1. The van der Waals surface area contributed by atoms with Gasteiger partial charge in [0, 0.05) is 32.1 Å². The number of nitro benzene ring substituents is 1. The van der Waals surface area contributed by atoms with Crippen molar-refractivity contribution in [1.82, 2.24) is 10.2 Å². The Kier molecular flexibility index (Phi) is 5.70. The lowest BCUT2D eigenvalue weighted by atomic mass is 10.1. The van der Waals surface area contributed by atoms with Crippen LogP contribution in [-0.4, -0.2) is 41.3 Å². The summed E-state index contributed by atoms with van der Waals surface area (Å²) < 4.78 is 5.24. The Morgan fingerprint density at radius 1 is 1.26 bits per heavy atom. The van der Waals surface area contributed by atoms with Crippen LogP contribution in [0.5, 0.6) is 0 Å². The quantitative estimate of drug-likeness (QED) is 0.414. The molecule has 0 bridgehead atoms. The fraction of sp³-hybridized carbons (Fsp3) is 0.333. The zero-order valence-electron chi connectivity index (χ0n) is 14.6. The van der Waals surface area contributed by atoms with Gasteiger partial charge in [0.05, 0.1) is 23.6 Å². The fourth-order valence-electron chi connectivity index (χ4n) is 3.00. The van der Waals surface area contributed by atoms with E-state index in [1.54, 1.807) is 41.5 Å². The van der Waals surface area contributed by atoms with Crippen LogP contribution >= 0.6 is 0 Å². The molecule has 27 heavy (non-hydrogen) atoms. The van der Waals surface area contributed by atoms with E-state index in [9.17, 15) is 19.7 Å². The Morgan fingerprint density at radius 3 is 2.81 bits per heavy atom. The first-order valence-corrected chi connectivity index (χ1v) is 8.59. The van der Waals surface area contributed by atoms with Gasteiger partial charge in [-0.15, -0.1) is 0 Å².